The van der Waals surface area contributed by atoms with E-state index in [9.17, 15) is 0 Å². The number of aryl methyl sites for hydroxylation is 2. The summed E-state index contributed by atoms with van der Waals surface area (Å²) in [7, 11) is 0. The second kappa shape index (κ2) is 7.98. The summed E-state index contributed by atoms with van der Waals surface area (Å²) < 4.78 is 0. The van der Waals surface area contributed by atoms with Gasteiger partial charge in [0.05, 0.1) is 0 Å². The number of hydrogen-bond donors (Lipinski definition) is 1. The van der Waals surface area contributed by atoms with E-state index < -0.39 is 0 Å². The molecule has 1 aromatic rings. The van der Waals surface area contributed by atoms with Gasteiger partial charge in [-0.05, 0) is 74.6 Å². The minimum Gasteiger partial charge on any atom is -0.313 e. The fourth-order valence-corrected chi connectivity index (χ4v) is 3.77. The van der Waals surface area contributed by atoms with Crippen LogP contribution in [0, 0.1) is 25.7 Å². The predicted molar refractivity (Wildman–Crippen MR) is 92.8 cm³/mol. The van der Waals surface area contributed by atoms with Crippen molar-refractivity contribution < 1.29 is 0 Å². The summed E-state index contributed by atoms with van der Waals surface area (Å²) >= 11 is 0. The Balaban J connectivity index is 2.05. The predicted octanol–water partition coefficient (Wildman–Crippen LogP) is 5.04. The first kappa shape index (κ1) is 16.5. The molecule has 1 heteroatoms. The smallest absolute Gasteiger partial charge is 0.0136 e. The van der Waals surface area contributed by atoms with Crippen LogP contribution < -0.4 is 5.32 Å². The summed E-state index contributed by atoms with van der Waals surface area (Å²) in [6.07, 6.45) is 8.09. The molecule has 2 rings (SSSR count). The van der Waals surface area contributed by atoms with Crippen molar-refractivity contribution in [2.75, 3.05) is 6.54 Å². The van der Waals surface area contributed by atoms with Gasteiger partial charge in [-0.15, -0.1) is 0 Å². The molecule has 1 aliphatic rings. The third-order valence-electron chi connectivity index (χ3n) is 5.23. The van der Waals surface area contributed by atoms with Gasteiger partial charge in [-0.1, -0.05) is 44.9 Å². The van der Waals surface area contributed by atoms with Crippen LogP contribution in [0.3, 0.4) is 0 Å². The summed E-state index contributed by atoms with van der Waals surface area (Å²) in [6, 6.07) is 7.66. The van der Waals surface area contributed by atoms with E-state index in [-0.39, 0.29) is 0 Å². The molecular formula is C20H33N. The van der Waals surface area contributed by atoms with Crippen molar-refractivity contribution in [1.29, 1.82) is 0 Å². The number of nitrogens with one attached hydrogen (secondary N) is 1. The fraction of sp³-hybridized carbons (Fsp3) is 0.700. The van der Waals surface area contributed by atoms with Crippen molar-refractivity contribution in [3.8, 4) is 0 Å². The zero-order chi connectivity index (χ0) is 15.2. The molecule has 118 valence electrons. The van der Waals surface area contributed by atoms with Crippen LogP contribution >= 0.6 is 0 Å². The Bertz CT molecular complexity index is 437. The first-order chi connectivity index (χ1) is 10.1. The molecule has 0 bridgehead atoms. The number of hydrogen-bond acceptors (Lipinski definition) is 1. The summed E-state index contributed by atoms with van der Waals surface area (Å²) in [6.45, 7) is 10.3. The van der Waals surface area contributed by atoms with Crippen LogP contribution in [0.25, 0.3) is 0 Å². The lowest BCUT2D eigenvalue weighted by atomic mass is 9.77. The molecule has 1 aliphatic carbocycles. The van der Waals surface area contributed by atoms with Crippen LogP contribution in [0.1, 0.15) is 62.6 Å². The summed E-state index contributed by atoms with van der Waals surface area (Å²) in [5, 5.41) is 3.84. The Morgan fingerprint density at radius 1 is 1.19 bits per heavy atom. The molecule has 1 aromatic carbocycles. The van der Waals surface area contributed by atoms with Crippen LogP contribution in [0.15, 0.2) is 18.2 Å². The van der Waals surface area contributed by atoms with Crippen molar-refractivity contribution in [3.05, 3.63) is 34.9 Å². The van der Waals surface area contributed by atoms with E-state index in [1.807, 2.05) is 0 Å². The van der Waals surface area contributed by atoms with E-state index in [0.717, 1.165) is 18.4 Å². The van der Waals surface area contributed by atoms with Gasteiger partial charge in [0.2, 0.25) is 0 Å². The Kier molecular flexibility index (Phi) is 6.29. The zero-order valence-electron chi connectivity index (χ0n) is 14.4. The normalized spacial score (nSPS) is 24.0. The van der Waals surface area contributed by atoms with E-state index in [1.165, 1.54) is 55.2 Å². The third-order valence-corrected chi connectivity index (χ3v) is 5.23. The maximum Gasteiger partial charge on any atom is 0.0136 e. The van der Waals surface area contributed by atoms with Gasteiger partial charge in [-0.2, -0.15) is 0 Å². The third kappa shape index (κ3) is 4.85. The highest BCUT2D eigenvalue weighted by Crippen LogP contribution is 2.32. The lowest BCUT2D eigenvalue weighted by molar-refractivity contribution is 0.221. The van der Waals surface area contributed by atoms with Gasteiger partial charge < -0.3 is 5.32 Å². The lowest BCUT2D eigenvalue weighted by Gasteiger charge is -2.34. The Morgan fingerprint density at radius 2 is 2.00 bits per heavy atom. The largest absolute Gasteiger partial charge is 0.313 e. The van der Waals surface area contributed by atoms with Crippen molar-refractivity contribution in [2.24, 2.45) is 11.8 Å². The molecule has 0 aliphatic heterocycles. The zero-order valence-corrected chi connectivity index (χ0v) is 14.4. The number of rotatable bonds is 6. The second-order valence-electron chi connectivity index (χ2n) is 7.22. The molecule has 3 unspecified atom stereocenters. The highest BCUT2D eigenvalue weighted by molar-refractivity contribution is 5.30. The van der Waals surface area contributed by atoms with E-state index in [1.54, 1.807) is 0 Å². The van der Waals surface area contributed by atoms with Crippen molar-refractivity contribution in [1.82, 2.24) is 5.32 Å². The van der Waals surface area contributed by atoms with Crippen LogP contribution in [-0.2, 0) is 6.42 Å². The van der Waals surface area contributed by atoms with Gasteiger partial charge in [0.1, 0.15) is 0 Å². The molecule has 1 saturated carbocycles. The summed E-state index contributed by atoms with van der Waals surface area (Å²) in [4.78, 5) is 0. The van der Waals surface area contributed by atoms with E-state index in [0.29, 0.717) is 6.04 Å². The topological polar surface area (TPSA) is 12.0 Å². The van der Waals surface area contributed by atoms with Crippen LogP contribution in [0.4, 0.5) is 0 Å². The van der Waals surface area contributed by atoms with Crippen LogP contribution in [0.2, 0.25) is 0 Å². The fourth-order valence-electron chi connectivity index (χ4n) is 3.77. The van der Waals surface area contributed by atoms with Crippen molar-refractivity contribution >= 4 is 0 Å². The SMILES string of the molecule is CCCNC(Cc1ccc(C)c(C)c1)C1CCCC(C)C1. The molecule has 0 saturated heterocycles. The number of benzene rings is 1. The summed E-state index contributed by atoms with van der Waals surface area (Å²) in [5.41, 5.74) is 4.34. The van der Waals surface area contributed by atoms with Gasteiger partial charge in [0, 0.05) is 6.04 Å². The van der Waals surface area contributed by atoms with Crippen molar-refractivity contribution in [2.45, 2.75) is 72.3 Å². The quantitative estimate of drug-likeness (QED) is 0.773. The molecule has 1 nitrogen and oxygen atoms in total. The highest BCUT2D eigenvalue weighted by Gasteiger charge is 2.26. The summed E-state index contributed by atoms with van der Waals surface area (Å²) in [5.74, 6) is 1.77. The van der Waals surface area contributed by atoms with Gasteiger partial charge >= 0.3 is 0 Å². The second-order valence-corrected chi connectivity index (χ2v) is 7.22. The average molecular weight is 287 g/mol. The molecule has 1 fully saturated rings. The molecule has 0 heterocycles. The average Bonchev–Trinajstić information content (AvgIpc) is 2.47. The molecule has 3 atom stereocenters. The van der Waals surface area contributed by atoms with Crippen LogP contribution in [0.5, 0.6) is 0 Å². The molecule has 0 spiro atoms. The molecular weight excluding hydrogens is 254 g/mol. The molecule has 0 aromatic heterocycles. The molecule has 0 amide bonds. The van der Waals surface area contributed by atoms with E-state index in [4.69, 9.17) is 0 Å². The van der Waals surface area contributed by atoms with Gasteiger partial charge in [-0.3, -0.25) is 0 Å². The van der Waals surface area contributed by atoms with E-state index >= 15 is 0 Å². The first-order valence-electron chi connectivity index (χ1n) is 8.89. The highest BCUT2D eigenvalue weighted by atomic mass is 14.9. The monoisotopic (exact) mass is 287 g/mol. The Hall–Kier alpha value is -0.820. The first-order valence-corrected chi connectivity index (χ1v) is 8.89. The molecule has 0 radical (unpaired) electrons. The maximum atomic E-state index is 3.84. The minimum absolute atomic E-state index is 0.662. The van der Waals surface area contributed by atoms with Gasteiger partial charge in [0.15, 0.2) is 0 Å². The minimum atomic E-state index is 0.662. The van der Waals surface area contributed by atoms with E-state index in [2.05, 4.69) is 51.2 Å². The van der Waals surface area contributed by atoms with Crippen LogP contribution in [-0.4, -0.2) is 12.6 Å². The molecule has 21 heavy (non-hydrogen) atoms. The van der Waals surface area contributed by atoms with Crippen molar-refractivity contribution in [3.63, 3.8) is 0 Å². The Labute approximate surface area is 131 Å². The standard InChI is InChI=1S/C20H33N/c1-5-11-21-20(19-8-6-7-15(2)12-19)14-18-10-9-16(3)17(4)13-18/h9-10,13,15,19-21H,5-8,11-12,14H2,1-4H3. The van der Waals surface area contributed by atoms with Gasteiger partial charge in [0.25, 0.3) is 0 Å². The van der Waals surface area contributed by atoms with Gasteiger partial charge in [-0.25, -0.2) is 0 Å². The molecule has 1 N–H and O–H groups in total. The maximum absolute atomic E-state index is 3.84. The lowest BCUT2D eigenvalue weighted by Crippen LogP contribution is -2.40. The Morgan fingerprint density at radius 3 is 2.67 bits per heavy atom.